The second kappa shape index (κ2) is 9.29. The summed E-state index contributed by atoms with van der Waals surface area (Å²) in [5.74, 6) is 2.13. The molecule has 102 valence electrons. The number of ether oxygens (including phenoxy) is 1. The minimum Gasteiger partial charge on any atom is -0.497 e. The maximum absolute atomic E-state index is 5.22. The number of unbranched alkanes of at least 4 members (excludes halogenated alkanes) is 1. The molecule has 0 aliphatic heterocycles. The number of rotatable bonds is 9. The van der Waals surface area contributed by atoms with Gasteiger partial charge in [0.1, 0.15) is 5.75 Å². The lowest BCUT2D eigenvalue weighted by Gasteiger charge is -2.11. The summed E-state index contributed by atoms with van der Waals surface area (Å²) in [6.07, 6.45) is 3.84. The third-order valence-corrected chi connectivity index (χ3v) is 3.97. The third kappa shape index (κ3) is 6.31. The molecule has 0 spiro atoms. The number of methoxy groups -OCH3 is 1. The molecule has 0 aliphatic rings. The first-order chi connectivity index (χ1) is 8.76. The summed E-state index contributed by atoms with van der Waals surface area (Å²) < 4.78 is 5.22. The number of hydrogen-bond donors (Lipinski definition) is 1. The van der Waals surface area contributed by atoms with Gasteiger partial charge in [0.15, 0.2) is 0 Å². The first-order valence-corrected chi connectivity index (χ1v) is 7.75. The first-order valence-electron chi connectivity index (χ1n) is 6.76. The molecule has 1 unspecified atom stereocenters. The van der Waals surface area contributed by atoms with Crippen LogP contribution in [-0.2, 0) is 0 Å². The molecule has 1 rings (SSSR count). The van der Waals surface area contributed by atoms with Crippen molar-refractivity contribution in [3.05, 3.63) is 24.3 Å². The highest BCUT2D eigenvalue weighted by atomic mass is 32.2. The zero-order valence-corrected chi connectivity index (χ0v) is 12.6. The van der Waals surface area contributed by atoms with E-state index in [1.54, 1.807) is 7.11 Å². The van der Waals surface area contributed by atoms with Crippen molar-refractivity contribution in [2.75, 3.05) is 19.4 Å². The van der Waals surface area contributed by atoms with Crippen LogP contribution in [0.3, 0.4) is 0 Å². The monoisotopic (exact) mass is 267 g/mol. The Bertz CT molecular complexity index is 330. The number of hydrogen-bond acceptors (Lipinski definition) is 3. The molecule has 0 radical (unpaired) electrons. The maximum Gasteiger partial charge on any atom is 0.119 e. The molecule has 1 N–H and O–H groups in total. The van der Waals surface area contributed by atoms with E-state index < -0.39 is 0 Å². The van der Waals surface area contributed by atoms with Gasteiger partial charge < -0.3 is 10.1 Å². The lowest BCUT2D eigenvalue weighted by molar-refractivity contribution is 0.413. The smallest absolute Gasteiger partial charge is 0.119 e. The molecule has 1 aromatic rings. The predicted molar refractivity (Wildman–Crippen MR) is 80.7 cm³/mol. The minimum atomic E-state index is 0.650. The van der Waals surface area contributed by atoms with Crippen LogP contribution in [0, 0.1) is 0 Å². The van der Waals surface area contributed by atoms with E-state index in [9.17, 15) is 0 Å². The largest absolute Gasteiger partial charge is 0.497 e. The summed E-state index contributed by atoms with van der Waals surface area (Å²) in [7, 11) is 1.71. The molecule has 0 fully saturated rings. The SMILES string of the molecule is CCNC(C)CCCCSc1cccc(OC)c1. The molecule has 2 nitrogen and oxygen atoms in total. The fraction of sp³-hybridized carbons (Fsp3) is 0.600. The molecule has 3 heteroatoms. The van der Waals surface area contributed by atoms with Crippen LogP contribution in [0.25, 0.3) is 0 Å². The van der Waals surface area contributed by atoms with Gasteiger partial charge >= 0.3 is 0 Å². The first kappa shape index (κ1) is 15.4. The minimum absolute atomic E-state index is 0.650. The Labute approximate surface area is 116 Å². The third-order valence-electron chi connectivity index (χ3n) is 2.89. The molecule has 0 heterocycles. The average Bonchev–Trinajstić information content (AvgIpc) is 2.39. The summed E-state index contributed by atoms with van der Waals surface area (Å²) >= 11 is 1.91. The molecule has 0 aliphatic carbocycles. The van der Waals surface area contributed by atoms with Crippen molar-refractivity contribution in [3.63, 3.8) is 0 Å². The standard InChI is InChI=1S/C15H25NOS/c1-4-16-13(2)8-5-6-11-18-15-10-7-9-14(12-15)17-3/h7,9-10,12-13,16H,4-6,8,11H2,1-3H3. The van der Waals surface area contributed by atoms with Gasteiger partial charge in [-0.05, 0) is 50.3 Å². The van der Waals surface area contributed by atoms with Gasteiger partial charge in [0.25, 0.3) is 0 Å². The van der Waals surface area contributed by atoms with Gasteiger partial charge in [-0.1, -0.05) is 19.4 Å². The van der Waals surface area contributed by atoms with Gasteiger partial charge in [0.2, 0.25) is 0 Å². The highest BCUT2D eigenvalue weighted by Gasteiger charge is 2.00. The second-order valence-electron chi connectivity index (χ2n) is 4.48. The van der Waals surface area contributed by atoms with Gasteiger partial charge in [-0.2, -0.15) is 0 Å². The van der Waals surface area contributed by atoms with Crippen molar-refractivity contribution in [2.45, 2.75) is 44.0 Å². The number of benzene rings is 1. The summed E-state index contributed by atoms with van der Waals surface area (Å²) in [6.45, 7) is 5.49. The average molecular weight is 267 g/mol. The van der Waals surface area contributed by atoms with E-state index in [-0.39, 0.29) is 0 Å². The second-order valence-corrected chi connectivity index (χ2v) is 5.65. The molecule has 1 aromatic carbocycles. The zero-order valence-electron chi connectivity index (χ0n) is 11.7. The highest BCUT2D eigenvalue weighted by Crippen LogP contribution is 2.23. The van der Waals surface area contributed by atoms with Gasteiger partial charge in [-0.25, -0.2) is 0 Å². The Morgan fingerprint density at radius 2 is 2.17 bits per heavy atom. The zero-order chi connectivity index (χ0) is 13.2. The Kier molecular flexibility index (Phi) is 7.94. The topological polar surface area (TPSA) is 21.3 Å². The fourth-order valence-electron chi connectivity index (χ4n) is 1.88. The molecule has 0 saturated carbocycles. The molecule has 0 bridgehead atoms. The van der Waals surface area contributed by atoms with Crippen molar-refractivity contribution < 1.29 is 4.74 Å². The van der Waals surface area contributed by atoms with E-state index in [4.69, 9.17) is 4.74 Å². The quantitative estimate of drug-likeness (QED) is 0.540. The van der Waals surface area contributed by atoms with Crippen LogP contribution < -0.4 is 10.1 Å². The van der Waals surface area contributed by atoms with Gasteiger partial charge in [0.05, 0.1) is 7.11 Å². The van der Waals surface area contributed by atoms with Gasteiger partial charge in [0, 0.05) is 10.9 Å². The Balaban J connectivity index is 2.13. The molecular formula is C15H25NOS. The Morgan fingerprint density at radius 1 is 1.33 bits per heavy atom. The number of thioether (sulfide) groups is 1. The van der Waals surface area contributed by atoms with Crippen molar-refractivity contribution in [2.24, 2.45) is 0 Å². The van der Waals surface area contributed by atoms with Crippen molar-refractivity contribution in [1.82, 2.24) is 5.32 Å². The van der Waals surface area contributed by atoms with Gasteiger partial charge in [-0.3, -0.25) is 0 Å². The molecule has 0 saturated heterocycles. The highest BCUT2D eigenvalue weighted by molar-refractivity contribution is 7.99. The molecule has 0 aromatic heterocycles. The Hall–Kier alpha value is -0.670. The van der Waals surface area contributed by atoms with Crippen LogP contribution in [0.2, 0.25) is 0 Å². The van der Waals surface area contributed by atoms with Crippen LogP contribution >= 0.6 is 11.8 Å². The summed E-state index contributed by atoms with van der Waals surface area (Å²) in [5, 5.41) is 3.45. The van der Waals surface area contributed by atoms with E-state index >= 15 is 0 Å². The molecule has 0 amide bonds. The molecular weight excluding hydrogens is 242 g/mol. The van der Waals surface area contributed by atoms with E-state index in [1.165, 1.54) is 29.9 Å². The van der Waals surface area contributed by atoms with E-state index in [2.05, 4.69) is 37.4 Å². The maximum atomic E-state index is 5.22. The van der Waals surface area contributed by atoms with Crippen LogP contribution in [-0.4, -0.2) is 25.4 Å². The fourth-order valence-corrected chi connectivity index (χ4v) is 2.84. The summed E-state index contributed by atoms with van der Waals surface area (Å²) in [6, 6.07) is 8.94. The van der Waals surface area contributed by atoms with Crippen molar-refractivity contribution in [1.29, 1.82) is 0 Å². The molecule has 18 heavy (non-hydrogen) atoms. The Morgan fingerprint density at radius 3 is 2.89 bits per heavy atom. The van der Waals surface area contributed by atoms with E-state index in [0.717, 1.165) is 12.3 Å². The number of nitrogens with one attached hydrogen (secondary N) is 1. The normalized spacial score (nSPS) is 12.4. The lowest BCUT2D eigenvalue weighted by atomic mass is 10.1. The summed E-state index contributed by atoms with van der Waals surface area (Å²) in [5.41, 5.74) is 0. The lowest BCUT2D eigenvalue weighted by Crippen LogP contribution is -2.25. The van der Waals surface area contributed by atoms with Crippen molar-refractivity contribution >= 4 is 11.8 Å². The van der Waals surface area contributed by atoms with Crippen LogP contribution in [0.1, 0.15) is 33.1 Å². The van der Waals surface area contributed by atoms with E-state index in [1.807, 2.05) is 17.8 Å². The predicted octanol–water partition coefficient (Wildman–Crippen LogP) is 3.96. The molecule has 1 atom stereocenters. The van der Waals surface area contributed by atoms with Crippen LogP contribution in [0.5, 0.6) is 5.75 Å². The van der Waals surface area contributed by atoms with Crippen LogP contribution in [0.15, 0.2) is 29.2 Å². The van der Waals surface area contributed by atoms with Crippen molar-refractivity contribution in [3.8, 4) is 5.75 Å². The van der Waals surface area contributed by atoms with Gasteiger partial charge in [-0.15, -0.1) is 11.8 Å². The van der Waals surface area contributed by atoms with Crippen LogP contribution in [0.4, 0.5) is 0 Å². The summed E-state index contributed by atoms with van der Waals surface area (Å²) in [4.78, 5) is 1.30. The van der Waals surface area contributed by atoms with E-state index in [0.29, 0.717) is 6.04 Å².